The molecule has 0 amide bonds. The Kier molecular flexibility index (Phi) is 28.7. The molecule has 23 rings (SSSR count). The second-order valence-electron chi connectivity index (χ2n) is 45.1. The number of ether oxygens (including phenoxy) is 9. The average Bonchev–Trinajstić information content (AvgIpc) is 1.52. The van der Waals surface area contributed by atoms with Gasteiger partial charge in [0, 0.05) is 43.4 Å². The SMILES string of the molecule is C#C.C#C[C@]1(O)C=CC2=C3CCC4C[C@@H](O)C=C[C@]4(C)C3CC[C@@]21C.CC(=O)OC1C=C[C@@]2(C)C(CCC3=C4C=CC(=O)[C@@]4(C)CCC32)C1.CC(=O)OC1C=C[C@@]2(C)C(CCC3=C4CC(Br)C5(OCCO5)[C@@]4(C)CCC32)C1.CC(=O)OC1C=C[C@@]2(C)C(CCC3=C4CCC5(OCCO5)[C@@]4(C)CCC32)C1.C[C@]12C=CC(O)CC1CCC1=C3C=CC4(OCCO4)[C@@]3(C)CCC12.[Br-].[C-]#C.[Mg+2]. The summed E-state index contributed by atoms with van der Waals surface area (Å²) < 4.78 is 53.7. The number of carbonyl (C=O) groups excluding carboxylic acids is 4. The van der Waals surface area contributed by atoms with Crippen LogP contribution in [-0.2, 0) is 61.8 Å². The van der Waals surface area contributed by atoms with Crippen LogP contribution in [-0.4, -0.2) is 160 Å². The molecule has 20 aliphatic carbocycles. The minimum Gasteiger partial charge on any atom is -1.00 e. The Balaban J connectivity index is 0.000000125. The summed E-state index contributed by atoms with van der Waals surface area (Å²) in [6.45, 7) is 32.2. The third kappa shape index (κ3) is 15.9. The Labute approximate surface area is 822 Å². The molecular weight excluding hydrogens is 1800 g/mol. The molecule has 0 aromatic rings. The van der Waals surface area contributed by atoms with Gasteiger partial charge in [0.25, 0.3) is 0 Å². The van der Waals surface area contributed by atoms with Crippen LogP contribution in [0.15, 0.2) is 153 Å². The van der Waals surface area contributed by atoms with Crippen molar-refractivity contribution in [2.75, 3.05) is 39.6 Å². The molecule has 0 aromatic carbocycles. The van der Waals surface area contributed by atoms with Gasteiger partial charge in [0.05, 0.1) is 67.5 Å². The van der Waals surface area contributed by atoms with Gasteiger partial charge in [0.2, 0.25) is 0 Å². The molecule has 0 radical (unpaired) electrons. The molecule has 132 heavy (non-hydrogen) atoms. The number of ketones is 1. The van der Waals surface area contributed by atoms with E-state index >= 15 is 0 Å². The van der Waals surface area contributed by atoms with Crippen molar-refractivity contribution in [3.05, 3.63) is 159 Å². The van der Waals surface area contributed by atoms with Crippen molar-refractivity contribution in [3.8, 4) is 31.6 Å². The zero-order chi connectivity index (χ0) is 92.7. The van der Waals surface area contributed by atoms with Crippen LogP contribution >= 0.6 is 15.9 Å². The van der Waals surface area contributed by atoms with Crippen molar-refractivity contribution in [1.29, 1.82) is 0 Å². The number of rotatable bonds is 3. The van der Waals surface area contributed by atoms with E-state index in [4.69, 9.17) is 55.5 Å². The molecule has 3 N–H and O–H groups in total. The van der Waals surface area contributed by atoms with Gasteiger partial charge in [-0.2, -0.15) is 0 Å². The van der Waals surface area contributed by atoms with Crippen molar-refractivity contribution in [1.82, 2.24) is 0 Å². The predicted octanol–water partition coefficient (Wildman–Crippen LogP) is 17.8. The molecule has 19 heteroatoms. The standard InChI is InChI=1S/C23H31BrO4.C23H32O4.C21H28O3.C21H26O3.C21H26O2.C2H2.C2H.BrH.Mg/c1-14(25)28-16-6-8-21(2)15(12-16)4-5-17-18(21)7-9-22(3)19(17)13-20(24)23(22)26-10-11-27-23;1-15(24)27-17-6-9-21(2)16(14-17)4-5-18-19(21)7-10-22(3)20(18)8-11-23(22)25-12-13-26-23;1-19-8-5-15(22)13-14(19)3-4-16-17(19)6-9-20(2)18(16)7-10-21(20)23-11-12-24-21;1-13(22)24-15-8-10-20(2)14(12-15)4-5-16-17-6-7-19(23)21(17,3)11-9-18(16)20;1-4-21(23)12-9-18-16-6-5-14-13-15(22)7-10-19(14,2)17(16)8-11-20(18,21)3;2*1-2;;/h6,8,15-16,18,20H,4-5,7,9-13H2,1-3H3;6,9,16-17,19H,4-5,7-8,10-14H2,1-3H3;5,7-8,10,14-15,17,22H,3-4,6,9,11-13H2,1-2H3;6-8,10,14-15,18H,4-5,9,11-12H2,1-3H3;1,7,9-10,12,14-15,17,22-23H,5-6,8,11,13H2,2-3H3;1-2H;1H;1H;/q;;;;;;-1;;+2/p-1/t15?,16?,18?,20?,21-,22-;16?,17?,19?,21-,22-;14?,15?,17?,19-,20-;14?,15?,18?,20-,21-;14?,15-,17?,19-,20-,21-;;;;/m00000..../s1. The molecule has 15 unspecified atom stereocenters. The van der Waals surface area contributed by atoms with Crippen LogP contribution in [0.1, 0.15) is 270 Å². The minimum absolute atomic E-state index is 0. The quantitative estimate of drug-likeness (QED) is 0.0456. The molecule has 27 atom stereocenters. The molecule has 7 saturated carbocycles. The first-order chi connectivity index (χ1) is 61.8. The van der Waals surface area contributed by atoms with Gasteiger partial charge in [0.1, 0.15) is 18.3 Å². The first-order valence-electron chi connectivity index (χ1n) is 49.8. The monoisotopic (exact) mass is 1940 g/mol. The van der Waals surface area contributed by atoms with E-state index in [1.807, 2.05) is 18.2 Å². The normalized spacial score (nSPS) is 44.6. The number of alkyl halides is 1. The number of fused-ring (bicyclic) bond motifs is 23. The first kappa shape index (κ1) is 101. The van der Waals surface area contributed by atoms with Crippen LogP contribution in [0.4, 0.5) is 0 Å². The van der Waals surface area contributed by atoms with E-state index in [1.165, 1.54) is 93.6 Å². The van der Waals surface area contributed by atoms with Crippen molar-refractivity contribution >= 4 is 62.7 Å². The van der Waals surface area contributed by atoms with E-state index in [0.29, 0.717) is 85.6 Å². The number of esters is 3. The maximum absolute atomic E-state index is 12.3. The summed E-state index contributed by atoms with van der Waals surface area (Å²) in [5.41, 5.74) is 14.4. The van der Waals surface area contributed by atoms with Gasteiger partial charge >= 0.3 is 41.0 Å². The van der Waals surface area contributed by atoms with Crippen LogP contribution in [0.25, 0.3) is 0 Å². The van der Waals surface area contributed by atoms with Crippen LogP contribution in [0.3, 0.4) is 0 Å². The number of halogens is 2. The van der Waals surface area contributed by atoms with Crippen molar-refractivity contribution in [3.63, 3.8) is 0 Å². The Bertz CT molecular complexity index is 5010. The molecule has 16 nitrogen and oxygen atoms in total. The van der Waals surface area contributed by atoms with Crippen LogP contribution in [0, 0.1) is 151 Å². The summed E-state index contributed by atoms with van der Waals surface area (Å²) in [5.74, 6) is 6.72. The van der Waals surface area contributed by atoms with Crippen molar-refractivity contribution in [2.24, 2.45) is 113 Å². The van der Waals surface area contributed by atoms with Gasteiger partial charge in [-0.25, -0.2) is 0 Å². The summed E-state index contributed by atoms with van der Waals surface area (Å²) in [6, 6.07) is 0. The van der Waals surface area contributed by atoms with Crippen LogP contribution < -0.4 is 17.0 Å². The fraction of sp³-hybridized carbons (Fsp3) is 0.681. The molecule has 10 fully saturated rings. The Morgan fingerprint density at radius 2 is 0.780 bits per heavy atom. The largest absolute Gasteiger partial charge is 2.00 e. The van der Waals surface area contributed by atoms with Gasteiger partial charge in [-0.3, -0.25) is 19.2 Å². The second kappa shape index (κ2) is 37.4. The number of aliphatic hydroxyl groups is 3. The molecule has 3 aliphatic heterocycles. The fourth-order valence-electron chi connectivity index (χ4n) is 32.3. The Morgan fingerprint density at radius 1 is 0.424 bits per heavy atom. The molecule has 0 aromatic heterocycles. The van der Waals surface area contributed by atoms with E-state index in [9.17, 15) is 34.5 Å². The van der Waals surface area contributed by atoms with Gasteiger partial charge in [-0.05, 0) is 327 Å². The molecule has 3 spiro atoms. The number of carbonyl (C=O) groups is 4. The minimum atomic E-state index is -1.14. The number of hydrogen-bond donors (Lipinski definition) is 3. The maximum atomic E-state index is 12.3. The fourth-order valence-corrected chi connectivity index (χ4v) is 33.4. The summed E-state index contributed by atoms with van der Waals surface area (Å²) in [4.78, 5) is 46.6. The smallest absolute Gasteiger partial charge is 1.00 e. The van der Waals surface area contributed by atoms with E-state index in [2.05, 4.69) is 183 Å². The predicted molar refractivity (Wildman–Crippen MR) is 511 cm³/mol. The summed E-state index contributed by atoms with van der Waals surface area (Å²) in [7, 11) is 0. The molecule has 710 valence electrons. The number of terminal acetylenes is 3. The van der Waals surface area contributed by atoms with E-state index in [1.54, 1.807) is 33.9 Å². The first-order valence-corrected chi connectivity index (χ1v) is 50.7. The Hall–Kier alpha value is -5.25. The van der Waals surface area contributed by atoms with Crippen molar-refractivity contribution < 1.29 is 94.1 Å². The van der Waals surface area contributed by atoms with Gasteiger partial charge in [-0.15, -0.1) is 19.3 Å². The second-order valence-corrected chi connectivity index (χ2v) is 46.2. The zero-order valence-corrected chi connectivity index (χ0v) is 85.5. The third-order valence-corrected chi connectivity index (χ3v) is 40.5. The summed E-state index contributed by atoms with van der Waals surface area (Å²) >= 11 is 3.93. The topological polar surface area (TPSA) is 212 Å². The van der Waals surface area contributed by atoms with E-state index < -0.39 is 17.2 Å². The van der Waals surface area contributed by atoms with Crippen LogP contribution in [0.5, 0.6) is 0 Å². The molecule has 3 saturated heterocycles. The Morgan fingerprint density at radius 3 is 1.23 bits per heavy atom. The number of aliphatic hydroxyl groups excluding tert-OH is 2. The molecule has 3 heterocycles. The van der Waals surface area contributed by atoms with Gasteiger partial charge in [-0.1, -0.05) is 177 Å². The maximum Gasteiger partial charge on any atom is 2.00 e. The van der Waals surface area contributed by atoms with Crippen LogP contribution in [0.2, 0.25) is 0 Å². The van der Waals surface area contributed by atoms with Gasteiger partial charge in [0.15, 0.2) is 28.7 Å². The summed E-state index contributed by atoms with van der Waals surface area (Å²) in [5, 5.41) is 30.9. The van der Waals surface area contributed by atoms with E-state index in [-0.39, 0.29) is 159 Å². The molecule has 23 aliphatic rings. The number of allylic oxidation sites excluding steroid dienone is 15. The summed E-state index contributed by atoms with van der Waals surface area (Å²) in [6.07, 6.45) is 86.6. The van der Waals surface area contributed by atoms with Crippen molar-refractivity contribution in [2.45, 2.75) is 328 Å². The van der Waals surface area contributed by atoms with E-state index in [0.717, 1.165) is 148 Å². The third-order valence-electron chi connectivity index (χ3n) is 39.6. The molecular formula is C113H146Br2MgO16. The van der Waals surface area contributed by atoms with Gasteiger partial charge < -0.3 is 87.8 Å². The molecule has 0 bridgehead atoms. The number of hydrogen-bond acceptors (Lipinski definition) is 16. The average molecular weight is 1940 g/mol. The zero-order valence-electron chi connectivity index (χ0n) is 80.9.